The van der Waals surface area contributed by atoms with Crippen molar-refractivity contribution in [3.8, 4) is 11.4 Å². The molecule has 3 N–H and O–H groups in total. The molecule has 11 nitrogen and oxygen atoms in total. The normalized spacial score (nSPS) is 12.5. The number of carbonyl (C=O) groups excluding carboxylic acids is 4. The molecule has 0 radical (unpaired) electrons. The number of nitrogens with zero attached hydrogens (tertiary/aromatic N) is 2. The summed E-state index contributed by atoms with van der Waals surface area (Å²) in [6.45, 7) is 1.71. The zero-order valence-electron chi connectivity index (χ0n) is 18.9. The number of carboxylic acids is 1. The second kappa shape index (κ2) is 7.94. The minimum absolute atomic E-state index is 0.00709. The van der Waals surface area contributed by atoms with E-state index in [9.17, 15) is 29.1 Å². The standard InChI is InChI=1S/C25H18N4O7/c1-11-19(28-8-4-3-5-16(28)21(11)36-2)20(31)12-6-7-15(13(9-12)25(34)35)29-17(30)10-14-18(22(29)26)24(33)27-23(14)32/h3-10H,26H2,1-2H3,(H,34,35)(H,27,32,33)/p-1. The second-order valence-electron chi connectivity index (χ2n) is 8.09. The van der Waals surface area contributed by atoms with E-state index in [-0.39, 0.29) is 28.1 Å². The number of amides is 2. The highest BCUT2D eigenvalue weighted by molar-refractivity contribution is 6.23. The molecular weight excluding hydrogens is 468 g/mol. The van der Waals surface area contributed by atoms with E-state index in [0.29, 0.717) is 16.8 Å². The van der Waals surface area contributed by atoms with Gasteiger partial charge in [-0.05, 0) is 37.3 Å². The van der Waals surface area contributed by atoms with Crippen LogP contribution < -0.4 is 26.5 Å². The quantitative estimate of drug-likeness (QED) is 0.304. The van der Waals surface area contributed by atoms with Crippen LogP contribution in [0.4, 0.5) is 5.82 Å². The van der Waals surface area contributed by atoms with Crippen molar-refractivity contribution in [2.75, 3.05) is 12.8 Å². The number of pyridine rings is 2. The predicted molar refractivity (Wildman–Crippen MR) is 125 cm³/mol. The van der Waals surface area contributed by atoms with Crippen molar-refractivity contribution in [1.29, 1.82) is 0 Å². The number of nitrogens with one attached hydrogen (secondary N) is 1. The van der Waals surface area contributed by atoms with Crippen molar-refractivity contribution in [2.24, 2.45) is 0 Å². The Bertz CT molecular complexity index is 1730. The molecule has 1 aromatic carbocycles. The third kappa shape index (κ3) is 3.10. The Morgan fingerprint density at radius 1 is 1.06 bits per heavy atom. The summed E-state index contributed by atoms with van der Waals surface area (Å²) in [6, 6.07) is 9.84. The zero-order chi connectivity index (χ0) is 25.9. The summed E-state index contributed by atoms with van der Waals surface area (Å²) in [4.78, 5) is 62.5. The molecule has 5 rings (SSSR count). The Balaban J connectivity index is 1.70. The average Bonchev–Trinajstić information content (AvgIpc) is 3.29. The number of ether oxygens (including phenoxy) is 1. The van der Waals surface area contributed by atoms with Gasteiger partial charge in [0, 0.05) is 29.0 Å². The van der Waals surface area contributed by atoms with Gasteiger partial charge in [-0.3, -0.25) is 29.1 Å². The lowest BCUT2D eigenvalue weighted by atomic mass is 10.0. The van der Waals surface area contributed by atoms with E-state index in [2.05, 4.69) is 0 Å². The smallest absolute Gasteiger partial charge is 0.262 e. The van der Waals surface area contributed by atoms with Gasteiger partial charge >= 0.3 is 0 Å². The molecule has 3 aromatic heterocycles. The molecule has 180 valence electrons. The Kier molecular flexibility index (Phi) is 4.99. The summed E-state index contributed by atoms with van der Waals surface area (Å²) in [5.74, 6) is -3.68. The monoisotopic (exact) mass is 485 g/mol. The van der Waals surface area contributed by atoms with Gasteiger partial charge in [0.1, 0.15) is 17.3 Å². The lowest BCUT2D eigenvalue weighted by molar-refractivity contribution is -0.255. The van der Waals surface area contributed by atoms with E-state index in [1.165, 1.54) is 19.2 Å². The first kappa shape index (κ1) is 22.6. The van der Waals surface area contributed by atoms with Crippen LogP contribution in [0.2, 0.25) is 0 Å². The summed E-state index contributed by atoms with van der Waals surface area (Å²) in [5, 5.41) is 14.1. The molecule has 1 aliphatic rings. The predicted octanol–water partition coefficient (Wildman–Crippen LogP) is 0.468. The first-order valence-corrected chi connectivity index (χ1v) is 10.6. The fourth-order valence-electron chi connectivity index (χ4n) is 4.54. The number of methoxy groups -OCH3 is 1. The number of carbonyl (C=O) groups is 4. The topological polar surface area (TPSA) is 165 Å². The highest BCUT2D eigenvalue weighted by atomic mass is 16.5. The van der Waals surface area contributed by atoms with Crippen LogP contribution in [0, 0.1) is 6.92 Å². The Morgan fingerprint density at radius 2 is 1.81 bits per heavy atom. The van der Waals surface area contributed by atoms with Crippen LogP contribution in [0.3, 0.4) is 0 Å². The SMILES string of the molecule is COc1c(C)c(C(=O)c2ccc(-n3c(N)c4c(cc3=O)C(=O)NC4=O)c(C(=O)[O-])c2)n2ccccc12. The van der Waals surface area contributed by atoms with Gasteiger partial charge in [0.15, 0.2) is 0 Å². The number of aromatic nitrogens is 2. The number of anilines is 1. The van der Waals surface area contributed by atoms with E-state index in [0.717, 1.165) is 16.7 Å². The Hall–Kier alpha value is -5.19. The fourth-order valence-corrected chi connectivity index (χ4v) is 4.54. The molecule has 0 unspecified atom stereocenters. The van der Waals surface area contributed by atoms with Gasteiger partial charge in [-0.1, -0.05) is 6.07 Å². The van der Waals surface area contributed by atoms with Crippen molar-refractivity contribution in [3.63, 3.8) is 0 Å². The van der Waals surface area contributed by atoms with E-state index < -0.39 is 40.5 Å². The minimum atomic E-state index is -1.68. The van der Waals surface area contributed by atoms with Crippen molar-refractivity contribution < 1.29 is 29.0 Å². The molecule has 4 aromatic rings. The number of aromatic carboxylic acids is 1. The summed E-state index contributed by atoms with van der Waals surface area (Å²) in [5.41, 5.74) is 5.50. The maximum Gasteiger partial charge on any atom is 0.262 e. The van der Waals surface area contributed by atoms with Crippen LogP contribution in [0.15, 0.2) is 53.5 Å². The first-order valence-electron chi connectivity index (χ1n) is 10.6. The molecule has 4 heterocycles. The van der Waals surface area contributed by atoms with Crippen molar-refractivity contribution in [3.05, 3.63) is 92.5 Å². The van der Waals surface area contributed by atoms with Crippen LogP contribution >= 0.6 is 0 Å². The molecular formula is C25H17N4O7-. The maximum atomic E-state index is 13.5. The molecule has 0 atom stereocenters. The van der Waals surface area contributed by atoms with Crippen molar-refractivity contribution >= 4 is 34.9 Å². The number of ketones is 1. The molecule has 0 saturated heterocycles. The van der Waals surface area contributed by atoms with Crippen molar-refractivity contribution in [1.82, 2.24) is 14.3 Å². The van der Waals surface area contributed by atoms with Gasteiger partial charge in [-0.15, -0.1) is 0 Å². The number of imide groups is 1. The number of nitrogens with two attached hydrogens (primary N) is 1. The number of rotatable bonds is 5. The maximum absolute atomic E-state index is 13.5. The molecule has 0 bridgehead atoms. The van der Waals surface area contributed by atoms with Crippen LogP contribution in [0.1, 0.15) is 52.7 Å². The summed E-state index contributed by atoms with van der Waals surface area (Å²) < 4.78 is 7.89. The minimum Gasteiger partial charge on any atom is -0.545 e. The van der Waals surface area contributed by atoms with E-state index in [4.69, 9.17) is 10.5 Å². The molecule has 11 heteroatoms. The van der Waals surface area contributed by atoms with E-state index >= 15 is 0 Å². The van der Waals surface area contributed by atoms with Gasteiger partial charge in [0.2, 0.25) is 5.78 Å². The lowest BCUT2D eigenvalue weighted by Crippen LogP contribution is -2.29. The Morgan fingerprint density at radius 3 is 2.50 bits per heavy atom. The van der Waals surface area contributed by atoms with E-state index in [1.54, 1.807) is 35.7 Å². The zero-order valence-corrected chi connectivity index (χ0v) is 18.9. The third-order valence-electron chi connectivity index (χ3n) is 6.12. The summed E-state index contributed by atoms with van der Waals surface area (Å²) >= 11 is 0. The summed E-state index contributed by atoms with van der Waals surface area (Å²) in [6.07, 6.45) is 1.68. The van der Waals surface area contributed by atoms with Gasteiger partial charge in [-0.25, -0.2) is 0 Å². The third-order valence-corrected chi connectivity index (χ3v) is 6.12. The second-order valence-corrected chi connectivity index (χ2v) is 8.09. The van der Waals surface area contributed by atoms with Gasteiger partial charge < -0.3 is 24.8 Å². The number of benzene rings is 1. The largest absolute Gasteiger partial charge is 0.545 e. The van der Waals surface area contributed by atoms with Crippen LogP contribution in [0.25, 0.3) is 11.2 Å². The number of hydrogen-bond donors (Lipinski definition) is 2. The van der Waals surface area contributed by atoms with Gasteiger partial charge in [-0.2, -0.15) is 0 Å². The number of nitrogen functional groups attached to an aromatic ring is 1. The van der Waals surface area contributed by atoms with Crippen molar-refractivity contribution in [2.45, 2.75) is 6.92 Å². The highest BCUT2D eigenvalue weighted by Crippen LogP contribution is 2.32. The first-order chi connectivity index (χ1) is 17.1. The molecule has 1 aliphatic heterocycles. The molecule has 0 saturated carbocycles. The van der Waals surface area contributed by atoms with E-state index in [1.807, 2.05) is 5.32 Å². The lowest BCUT2D eigenvalue weighted by Gasteiger charge is -2.17. The van der Waals surface area contributed by atoms with Crippen LogP contribution in [0.5, 0.6) is 5.75 Å². The van der Waals surface area contributed by atoms with Crippen LogP contribution in [-0.4, -0.2) is 39.6 Å². The number of fused-ring (bicyclic) bond motifs is 2. The summed E-state index contributed by atoms with van der Waals surface area (Å²) in [7, 11) is 1.49. The van der Waals surface area contributed by atoms with Gasteiger partial charge in [0.25, 0.3) is 17.4 Å². The molecule has 2 amide bonds. The molecule has 0 fully saturated rings. The fraction of sp³-hybridized carbons (Fsp3) is 0.0800. The average molecular weight is 485 g/mol. The highest BCUT2D eigenvalue weighted by Gasteiger charge is 2.32. The number of carboxylic acid groups (broad SMARTS) is 1. The molecule has 36 heavy (non-hydrogen) atoms. The Labute approximate surface area is 202 Å². The molecule has 0 aliphatic carbocycles. The number of hydrogen-bond acceptors (Lipinski definition) is 8. The van der Waals surface area contributed by atoms with Crippen LogP contribution in [-0.2, 0) is 0 Å². The van der Waals surface area contributed by atoms with Gasteiger partial charge in [0.05, 0.1) is 35.4 Å². The molecule has 0 spiro atoms.